The average molecular weight is 226 g/mol. The minimum absolute atomic E-state index is 0.218. The number of piperazine rings is 1. The summed E-state index contributed by atoms with van der Waals surface area (Å²) in [5.74, 6) is -0.218. The van der Waals surface area contributed by atoms with Crippen LogP contribution in [0.2, 0.25) is 0 Å². The van der Waals surface area contributed by atoms with E-state index in [0.29, 0.717) is 6.54 Å². The van der Waals surface area contributed by atoms with Crippen LogP contribution in [0.4, 0.5) is 0 Å². The molecule has 0 radical (unpaired) electrons. The van der Waals surface area contributed by atoms with E-state index in [1.807, 2.05) is 0 Å². The lowest BCUT2D eigenvalue weighted by molar-refractivity contribution is -0.119. The smallest absolute Gasteiger partial charge is 0.231 e. The van der Waals surface area contributed by atoms with Crippen LogP contribution >= 0.6 is 0 Å². The standard InChI is InChI=1S/C11H22N4O/c1-14-5-2-11(3-6-14)9-15(7-4-13-11)8-10(12)16/h13H,2-9H2,1H3,(H2,12,16). The van der Waals surface area contributed by atoms with Crippen LogP contribution in [0.25, 0.3) is 0 Å². The second-order valence-electron chi connectivity index (χ2n) is 5.19. The van der Waals surface area contributed by atoms with Crippen molar-refractivity contribution in [1.29, 1.82) is 0 Å². The highest BCUT2D eigenvalue weighted by Gasteiger charge is 2.37. The van der Waals surface area contributed by atoms with Crippen LogP contribution in [0.5, 0.6) is 0 Å². The third-order valence-electron chi connectivity index (χ3n) is 3.78. The molecule has 0 aromatic carbocycles. The van der Waals surface area contributed by atoms with Gasteiger partial charge in [-0.1, -0.05) is 0 Å². The number of carbonyl (C=O) groups excluding carboxylic acids is 1. The van der Waals surface area contributed by atoms with Crippen molar-refractivity contribution in [2.75, 3.05) is 46.3 Å². The third-order valence-corrected chi connectivity index (χ3v) is 3.78. The lowest BCUT2D eigenvalue weighted by Gasteiger charge is -2.47. The molecule has 1 amide bonds. The summed E-state index contributed by atoms with van der Waals surface area (Å²) in [6, 6.07) is 0. The van der Waals surface area contributed by atoms with Gasteiger partial charge in [0, 0.05) is 25.2 Å². The Kier molecular flexibility index (Phi) is 3.47. The van der Waals surface area contributed by atoms with Crippen molar-refractivity contribution in [2.45, 2.75) is 18.4 Å². The highest BCUT2D eigenvalue weighted by atomic mass is 16.1. The normalized spacial score (nSPS) is 27.1. The summed E-state index contributed by atoms with van der Waals surface area (Å²) in [6.07, 6.45) is 2.33. The van der Waals surface area contributed by atoms with Crippen LogP contribution in [0, 0.1) is 0 Å². The number of hydrogen-bond acceptors (Lipinski definition) is 4. The van der Waals surface area contributed by atoms with Gasteiger partial charge < -0.3 is 16.0 Å². The summed E-state index contributed by atoms with van der Waals surface area (Å²) < 4.78 is 0. The number of nitrogens with two attached hydrogens (primary N) is 1. The molecule has 2 rings (SSSR count). The Morgan fingerprint density at radius 2 is 2.06 bits per heavy atom. The Bertz CT molecular complexity index is 261. The molecular formula is C11H22N4O. The maximum Gasteiger partial charge on any atom is 0.231 e. The number of rotatable bonds is 2. The molecule has 16 heavy (non-hydrogen) atoms. The van der Waals surface area contributed by atoms with E-state index in [-0.39, 0.29) is 11.4 Å². The molecule has 92 valence electrons. The van der Waals surface area contributed by atoms with Crippen LogP contribution in [0.15, 0.2) is 0 Å². The van der Waals surface area contributed by atoms with E-state index in [9.17, 15) is 4.79 Å². The molecule has 3 N–H and O–H groups in total. The Morgan fingerprint density at radius 3 is 2.69 bits per heavy atom. The van der Waals surface area contributed by atoms with Crippen molar-refractivity contribution in [3.05, 3.63) is 0 Å². The Morgan fingerprint density at radius 1 is 1.38 bits per heavy atom. The number of carbonyl (C=O) groups is 1. The maximum atomic E-state index is 10.9. The van der Waals surface area contributed by atoms with Gasteiger partial charge in [-0.15, -0.1) is 0 Å². The molecule has 2 aliphatic heterocycles. The van der Waals surface area contributed by atoms with E-state index < -0.39 is 0 Å². The molecule has 0 aliphatic carbocycles. The van der Waals surface area contributed by atoms with Gasteiger partial charge in [0.05, 0.1) is 6.54 Å². The summed E-state index contributed by atoms with van der Waals surface area (Å²) in [4.78, 5) is 15.5. The van der Waals surface area contributed by atoms with Crippen LogP contribution in [0.1, 0.15) is 12.8 Å². The first-order valence-corrected chi connectivity index (χ1v) is 6.04. The van der Waals surface area contributed by atoms with E-state index in [2.05, 4.69) is 22.2 Å². The molecule has 0 unspecified atom stereocenters. The van der Waals surface area contributed by atoms with Crippen LogP contribution in [0.3, 0.4) is 0 Å². The molecular weight excluding hydrogens is 204 g/mol. The summed E-state index contributed by atoms with van der Waals surface area (Å²) in [5, 5.41) is 3.64. The van der Waals surface area contributed by atoms with Crippen molar-refractivity contribution < 1.29 is 4.79 Å². The molecule has 0 aromatic heterocycles. The van der Waals surface area contributed by atoms with Crippen molar-refractivity contribution in [2.24, 2.45) is 5.73 Å². The van der Waals surface area contributed by atoms with E-state index in [0.717, 1.165) is 32.7 Å². The maximum absolute atomic E-state index is 10.9. The minimum Gasteiger partial charge on any atom is -0.369 e. The van der Waals surface area contributed by atoms with Crippen molar-refractivity contribution in [3.63, 3.8) is 0 Å². The van der Waals surface area contributed by atoms with Crippen molar-refractivity contribution in [3.8, 4) is 0 Å². The predicted molar refractivity (Wildman–Crippen MR) is 63.1 cm³/mol. The second kappa shape index (κ2) is 4.69. The van der Waals surface area contributed by atoms with Crippen molar-refractivity contribution in [1.82, 2.24) is 15.1 Å². The van der Waals surface area contributed by atoms with Crippen LogP contribution < -0.4 is 11.1 Å². The molecule has 5 heteroatoms. The minimum atomic E-state index is -0.218. The Balaban J connectivity index is 1.92. The average Bonchev–Trinajstić information content (AvgIpc) is 2.22. The first-order chi connectivity index (χ1) is 7.60. The summed E-state index contributed by atoms with van der Waals surface area (Å²) in [5.41, 5.74) is 5.48. The van der Waals surface area contributed by atoms with Gasteiger partial charge in [0.15, 0.2) is 0 Å². The number of piperidine rings is 1. The lowest BCUT2D eigenvalue weighted by atomic mass is 9.85. The zero-order valence-electron chi connectivity index (χ0n) is 10.0. The van der Waals surface area contributed by atoms with Gasteiger partial charge in [-0.3, -0.25) is 9.69 Å². The van der Waals surface area contributed by atoms with Crippen molar-refractivity contribution >= 4 is 5.91 Å². The molecule has 0 bridgehead atoms. The summed E-state index contributed by atoms with van der Waals surface area (Å²) in [6.45, 7) is 5.54. The van der Waals surface area contributed by atoms with Crippen LogP contribution in [-0.2, 0) is 4.79 Å². The monoisotopic (exact) mass is 226 g/mol. The van der Waals surface area contributed by atoms with E-state index in [1.165, 1.54) is 12.8 Å². The number of hydrogen-bond donors (Lipinski definition) is 2. The van der Waals surface area contributed by atoms with Gasteiger partial charge in [0.2, 0.25) is 5.91 Å². The van der Waals surface area contributed by atoms with Crippen LogP contribution in [-0.4, -0.2) is 67.6 Å². The van der Waals surface area contributed by atoms with E-state index >= 15 is 0 Å². The number of amides is 1. The Labute approximate surface area is 96.9 Å². The number of likely N-dealkylation sites (tertiary alicyclic amines) is 1. The SMILES string of the molecule is CN1CCC2(CC1)CN(CC(N)=O)CCN2. The quantitative estimate of drug-likeness (QED) is 0.623. The number of primary amides is 1. The van der Waals surface area contributed by atoms with E-state index in [4.69, 9.17) is 5.73 Å². The molecule has 0 aromatic rings. The zero-order chi connectivity index (χ0) is 11.6. The molecule has 2 aliphatic rings. The first-order valence-electron chi connectivity index (χ1n) is 6.04. The first kappa shape index (κ1) is 11.8. The molecule has 1 spiro atoms. The van der Waals surface area contributed by atoms with Gasteiger partial charge >= 0.3 is 0 Å². The number of nitrogens with one attached hydrogen (secondary N) is 1. The molecule has 2 fully saturated rings. The number of nitrogens with zero attached hydrogens (tertiary/aromatic N) is 2. The van der Waals surface area contributed by atoms with Gasteiger partial charge in [-0.05, 0) is 33.0 Å². The molecule has 2 saturated heterocycles. The Hall–Kier alpha value is -0.650. The lowest BCUT2D eigenvalue weighted by Crippen LogP contribution is -2.64. The summed E-state index contributed by atoms with van der Waals surface area (Å²) in [7, 11) is 2.16. The predicted octanol–water partition coefficient (Wildman–Crippen LogP) is -1.16. The van der Waals surface area contributed by atoms with Gasteiger partial charge in [-0.25, -0.2) is 0 Å². The molecule has 0 saturated carbocycles. The fraction of sp³-hybridized carbons (Fsp3) is 0.909. The topological polar surface area (TPSA) is 61.6 Å². The molecule has 5 nitrogen and oxygen atoms in total. The van der Waals surface area contributed by atoms with Gasteiger partial charge in [-0.2, -0.15) is 0 Å². The largest absolute Gasteiger partial charge is 0.369 e. The van der Waals surface area contributed by atoms with E-state index in [1.54, 1.807) is 0 Å². The molecule has 2 heterocycles. The highest BCUT2D eigenvalue weighted by molar-refractivity contribution is 5.75. The fourth-order valence-corrected chi connectivity index (χ4v) is 2.78. The molecule has 0 atom stereocenters. The fourth-order valence-electron chi connectivity index (χ4n) is 2.78. The third kappa shape index (κ3) is 2.72. The zero-order valence-corrected chi connectivity index (χ0v) is 10.0. The highest BCUT2D eigenvalue weighted by Crippen LogP contribution is 2.24. The van der Waals surface area contributed by atoms with Gasteiger partial charge in [0.25, 0.3) is 0 Å². The second-order valence-corrected chi connectivity index (χ2v) is 5.19. The van der Waals surface area contributed by atoms with Gasteiger partial charge in [0.1, 0.15) is 0 Å². The summed E-state index contributed by atoms with van der Waals surface area (Å²) >= 11 is 0.